The van der Waals surface area contributed by atoms with Gasteiger partial charge in [0.15, 0.2) is 0 Å². The van der Waals surface area contributed by atoms with E-state index in [4.69, 9.17) is 9.78 Å². The first-order valence-corrected chi connectivity index (χ1v) is 8.91. The molecule has 0 bridgehead atoms. The van der Waals surface area contributed by atoms with Gasteiger partial charge in [-0.1, -0.05) is 64.8 Å². The molecule has 0 aromatic rings. The average molecular weight is 304 g/mol. The zero-order valence-electron chi connectivity index (χ0n) is 15.1. The van der Waals surface area contributed by atoms with Gasteiger partial charge in [0.05, 0.1) is 0 Å². The lowest BCUT2D eigenvalue weighted by Crippen LogP contribution is -2.46. The molecule has 0 unspecified atom stereocenters. The molecule has 3 aliphatic rings. The predicted molar refractivity (Wildman–Crippen MR) is 90.3 cm³/mol. The van der Waals surface area contributed by atoms with E-state index in [1.807, 2.05) is 0 Å². The highest BCUT2D eigenvalue weighted by Gasteiger charge is 2.44. The molecule has 3 rings (SSSR count). The summed E-state index contributed by atoms with van der Waals surface area (Å²) in [6, 6.07) is 0. The second-order valence-electron chi connectivity index (χ2n) is 9.41. The van der Waals surface area contributed by atoms with E-state index in [2.05, 4.69) is 53.7 Å². The van der Waals surface area contributed by atoms with Crippen molar-refractivity contribution in [3.63, 3.8) is 0 Å². The number of rotatable bonds is 0. The van der Waals surface area contributed by atoms with E-state index in [0.717, 1.165) is 0 Å². The third kappa shape index (κ3) is 3.05. The molecule has 124 valence electrons. The number of hydrogen-bond donors (Lipinski definition) is 0. The molecule has 2 heteroatoms. The summed E-state index contributed by atoms with van der Waals surface area (Å²) >= 11 is 0. The van der Waals surface area contributed by atoms with Gasteiger partial charge in [-0.25, -0.2) is 9.78 Å². The summed E-state index contributed by atoms with van der Waals surface area (Å²) in [6.07, 6.45) is 9.96. The summed E-state index contributed by atoms with van der Waals surface area (Å²) in [6.45, 7) is 13.8. The Balaban J connectivity index is 1.78. The summed E-state index contributed by atoms with van der Waals surface area (Å²) in [5.41, 5.74) is 3.55. The van der Waals surface area contributed by atoms with Crippen molar-refractivity contribution in [2.75, 3.05) is 0 Å². The van der Waals surface area contributed by atoms with Crippen LogP contribution in [-0.2, 0) is 9.78 Å². The first kappa shape index (κ1) is 16.3. The number of fused-ring (bicyclic) bond motifs is 3. The Morgan fingerprint density at radius 1 is 0.727 bits per heavy atom. The van der Waals surface area contributed by atoms with Crippen LogP contribution in [0.4, 0.5) is 0 Å². The summed E-state index contributed by atoms with van der Waals surface area (Å²) in [7, 11) is 0. The summed E-state index contributed by atoms with van der Waals surface area (Å²) in [5, 5.41) is 0. The van der Waals surface area contributed by atoms with E-state index in [0.29, 0.717) is 11.8 Å². The minimum atomic E-state index is 0.161. The molecule has 1 aliphatic heterocycles. The van der Waals surface area contributed by atoms with E-state index in [1.165, 1.54) is 36.8 Å². The first-order valence-electron chi connectivity index (χ1n) is 8.91. The fourth-order valence-electron chi connectivity index (χ4n) is 4.28. The van der Waals surface area contributed by atoms with Crippen molar-refractivity contribution < 1.29 is 9.78 Å². The Morgan fingerprint density at radius 3 is 1.41 bits per heavy atom. The maximum atomic E-state index is 5.82. The van der Waals surface area contributed by atoms with Gasteiger partial charge in [-0.05, 0) is 48.3 Å². The molecule has 1 heterocycles. The summed E-state index contributed by atoms with van der Waals surface area (Å²) in [4.78, 5) is 11.6. The van der Waals surface area contributed by atoms with Gasteiger partial charge in [0, 0.05) is 0 Å². The molecule has 2 nitrogen and oxygen atoms in total. The maximum Gasteiger partial charge on any atom is 0.115 e. The molecule has 4 atom stereocenters. The number of hydrogen-bond acceptors (Lipinski definition) is 2. The van der Waals surface area contributed by atoms with Gasteiger partial charge in [0.25, 0.3) is 0 Å². The van der Waals surface area contributed by atoms with Crippen molar-refractivity contribution in [1.29, 1.82) is 0 Å². The molecule has 1 fully saturated rings. The zero-order valence-corrected chi connectivity index (χ0v) is 15.1. The Bertz CT molecular complexity index is 441. The van der Waals surface area contributed by atoms with Crippen LogP contribution in [0.3, 0.4) is 0 Å². The Kier molecular flexibility index (Phi) is 4.06. The van der Waals surface area contributed by atoms with Gasteiger partial charge in [-0.15, -0.1) is 0 Å². The molecule has 0 aromatic carbocycles. The molecule has 0 amide bonds. The predicted octanol–water partition coefficient (Wildman–Crippen LogP) is 5.45. The van der Waals surface area contributed by atoms with E-state index < -0.39 is 0 Å². The molecule has 0 saturated carbocycles. The van der Waals surface area contributed by atoms with E-state index in [-0.39, 0.29) is 23.0 Å². The fourth-order valence-corrected chi connectivity index (χ4v) is 4.28. The van der Waals surface area contributed by atoms with Crippen LogP contribution in [0.5, 0.6) is 0 Å². The smallest absolute Gasteiger partial charge is 0.115 e. The van der Waals surface area contributed by atoms with Crippen LogP contribution in [0.15, 0.2) is 23.3 Å². The normalized spacial score (nSPS) is 36.1. The highest BCUT2D eigenvalue weighted by atomic mass is 17.2. The SMILES string of the molecule is CC(C)(C)C1=C[C@@H]2OO[C@@H]3C=C(C(C)(C)C)CC[C@H]3[C@@H]2CC1. The Hall–Kier alpha value is -0.600. The third-order valence-electron chi connectivity index (χ3n) is 5.82. The van der Waals surface area contributed by atoms with Crippen LogP contribution in [0, 0.1) is 22.7 Å². The molecule has 0 aromatic heterocycles. The van der Waals surface area contributed by atoms with Crippen LogP contribution in [0.25, 0.3) is 0 Å². The molecule has 0 spiro atoms. The fraction of sp³-hybridized carbons (Fsp3) is 0.800. The second kappa shape index (κ2) is 5.49. The third-order valence-corrected chi connectivity index (χ3v) is 5.82. The van der Waals surface area contributed by atoms with Crippen LogP contribution in [0.1, 0.15) is 67.2 Å². The lowest BCUT2D eigenvalue weighted by Gasteiger charge is -2.46. The minimum absolute atomic E-state index is 0.161. The van der Waals surface area contributed by atoms with Gasteiger partial charge < -0.3 is 0 Å². The lowest BCUT2D eigenvalue weighted by atomic mass is 9.67. The molecule has 1 saturated heterocycles. The van der Waals surface area contributed by atoms with Crippen molar-refractivity contribution >= 4 is 0 Å². The van der Waals surface area contributed by atoms with Crippen molar-refractivity contribution in [2.45, 2.75) is 79.4 Å². The highest BCUT2D eigenvalue weighted by Crippen LogP contribution is 2.47. The summed E-state index contributed by atoms with van der Waals surface area (Å²) in [5.74, 6) is 1.25. The van der Waals surface area contributed by atoms with Gasteiger partial charge in [-0.2, -0.15) is 0 Å². The molecule has 0 radical (unpaired) electrons. The molecular weight excluding hydrogens is 272 g/mol. The minimum Gasteiger partial charge on any atom is -0.228 e. The first-order chi connectivity index (χ1) is 10.2. The van der Waals surface area contributed by atoms with Gasteiger partial charge >= 0.3 is 0 Å². The van der Waals surface area contributed by atoms with Crippen molar-refractivity contribution in [3.05, 3.63) is 23.3 Å². The summed E-state index contributed by atoms with van der Waals surface area (Å²) < 4.78 is 0. The van der Waals surface area contributed by atoms with Crippen molar-refractivity contribution in [2.24, 2.45) is 22.7 Å². The Labute approximate surface area is 135 Å². The van der Waals surface area contributed by atoms with Gasteiger partial charge in [0.1, 0.15) is 12.2 Å². The topological polar surface area (TPSA) is 18.5 Å². The lowest BCUT2D eigenvalue weighted by molar-refractivity contribution is -0.384. The Morgan fingerprint density at radius 2 is 1.09 bits per heavy atom. The van der Waals surface area contributed by atoms with Crippen LogP contribution >= 0.6 is 0 Å². The average Bonchev–Trinajstić information content (AvgIpc) is 2.44. The second-order valence-corrected chi connectivity index (χ2v) is 9.41. The van der Waals surface area contributed by atoms with Crippen molar-refractivity contribution in [1.82, 2.24) is 0 Å². The zero-order chi connectivity index (χ0) is 16.1. The van der Waals surface area contributed by atoms with Gasteiger partial charge in [0.2, 0.25) is 0 Å². The van der Waals surface area contributed by atoms with E-state index in [9.17, 15) is 0 Å². The van der Waals surface area contributed by atoms with Gasteiger partial charge in [-0.3, -0.25) is 0 Å². The van der Waals surface area contributed by atoms with Crippen LogP contribution < -0.4 is 0 Å². The quantitative estimate of drug-likeness (QED) is 0.437. The standard InChI is InChI=1S/C20H32O2/c1-19(2,3)13-7-9-15-16-10-8-14(20(4,5)6)12-18(16)22-21-17(15)11-13/h11-12,15-18H,7-10H2,1-6H3/t15-,16-,17-,18+/m0/s1. The molecule has 0 N–H and O–H groups in total. The monoisotopic (exact) mass is 304 g/mol. The van der Waals surface area contributed by atoms with E-state index >= 15 is 0 Å². The molecule has 22 heavy (non-hydrogen) atoms. The van der Waals surface area contributed by atoms with Crippen LogP contribution in [0.2, 0.25) is 0 Å². The number of allylic oxidation sites excluding steroid dienone is 2. The molecular formula is C20H32O2. The van der Waals surface area contributed by atoms with Crippen molar-refractivity contribution in [3.8, 4) is 0 Å². The largest absolute Gasteiger partial charge is 0.228 e. The molecule has 2 aliphatic carbocycles. The van der Waals surface area contributed by atoms with E-state index in [1.54, 1.807) is 0 Å². The highest BCUT2D eigenvalue weighted by molar-refractivity contribution is 5.22. The van der Waals surface area contributed by atoms with Crippen LogP contribution in [-0.4, -0.2) is 12.2 Å². The maximum absolute atomic E-state index is 5.82.